The van der Waals surface area contributed by atoms with Crippen LogP contribution < -0.4 is 5.32 Å². The number of carbonyl (C=O) groups excluding carboxylic acids is 1. The fraction of sp³-hybridized carbons (Fsp3) is 0.529. The lowest BCUT2D eigenvalue weighted by Gasteiger charge is -2.19. The third-order valence-corrected chi connectivity index (χ3v) is 3.35. The quantitative estimate of drug-likeness (QED) is 0.758. The highest BCUT2D eigenvalue weighted by Gasteiger charge is 2.12. The largest absolute Gasteiger partial charge is 0.481 e. The maximum absolute atomic E-state index is 11.6. The Morgan fingerprint density at radius 3 is 2.14 bits per heavy atom. The number of carbonyl (C=O) groups is 2. The van der Waals surface area contributed by atoms with Gasteiger partial charge in [0.1, 0.15) is 0 Å². The number of amides is 1. The summed E-state index contributed by atoms with van der Waals surface area (Å²) in [6.45, 7) is 7.02. The average molecular weight is 291 g/mol. The number of benzene rings is 1. The van der Waals surface area contributed by atoms with Crippen LogP contribution in [-0.4, -0.2) is 17.0 Å². The van der Waals surface area contributed by atoms with Gasteiger partial charge in [0, 0.05) is 19.4 Å². The van der Waals surface area contributed by atoms with Gasteiger partial charge in [0.25, 0.3) is 0 Å². The third-order valence-electron chi connectivity index (χ3n) is 3.35. The minimum atomic E-state index is -0.811. The van der Waals surface area contributed by atoms with Gasteiger partial charge in [0.05, 0.1) is 0 Å². The van der Waals surface area contributed by atoms with E-state index in [4.69, 9.17) is 5.11 Å². The maximum Gasteiger partial charge on any atom is 0.303 e. The van der Waals surface area contributed by atoms with Gasteiger partial charge < -0.3 is 10.4 Å². The SMILES string of the molecule is CC(C)(C)c1ccc(CNC(=O)CCCCC(=O)O)cc1. The van der Waals surface area contributed by atoms with Crippen LogP contribution in [0.1, 0.15) is 57.6 Å². The number of rotatable bonds is 7. The predicted molar refractivity (Wildman–Crippen MR) is 83.1 cm³/mol. The number of unbranched alkanes of at least 4 members (excludes halogenated alkanes) is 1. The molecule has 0 atom stereocenters. The standard InChI is InChI=1S/C17H25NO3/c1-17(2,3)14-10-8-13(9-11-14)12-18-15(19)6-4-5-7-16(20)21/h8-11H,4-7,12H2,1-3H3,(H,18,19)(H,20,21). The topological polar surface area (TPSA) is 66.4 Å². The number of carboxylic acid groups (broad SMARTS) is 1. The molecule has 0 saturated heterocycles. The lowest BCUT2D eigenvalue weighted by atomic mass is 9.87. The second-order valence-electron chi connectivity index (χ2n) is 6.32. The zero-order valence-corrected chi connectivity index (χ0v) is 13.1. The molecule has 0 saturated carbocycles. The molecule has 1 aromatic carbocycles. The van der Waals surface area contributed by atoms with Crippen molar-refractivity contribution in [2.75, 3.05) is 0 Å². The molecule has 0 heterocycles. The van der Waals surface area contributed by atoms with Gasteiger partial charge >= 0.3 is 5.97 Å². The number of carboxylic acids is 1. The van der Waals surface area contributed by atoms with E-state index in [1.165, 1.54) is 5.56 Å². The molecule has 0 aliphatic carbocycles. The maximum atomic E-state index is 11.6. The molecule has 116 valence electrons. The van der Waals surface area contributed by atoms with Gasteiger partial charge in [-0.2, -0.15) is 0 Å². The first-order valence-corrected chi connectivity index (χ1v) is 7.37. The number of hydrogen-bond acceptors (Lipinski definition) is 2. The Bertz CT molecular complexity index is 472. The number of aliphatic carboxylic acids is 1. The van der Waals surface area contributed by atoms with Gasteiger partial charge in [-0.25, -0.2) is 0 Å². The van der Waals surface area contributed by atoms with Crippen molar-refractivity contribution in [3.63, 3.8) is 0 Å². The van der Waals surface area contributed by atoms with Crippen molar-refractivity contribution in [3.8, 4) is 0 Å². The van der Waals surface area contributed by atoms with Crippen molar-refractivity contribution in [1.29, 1.82) is 0 Å². The van der Waals surface area contributed by atoms with Crippen LogP contribution in [-0.2, 0) is 21.5 Å². The van der Waals surface area contributed by atoms with E-state index >= 15 is 0 Å². The summed E-state index contributed by atoms with van der Waals surface area (Å²) in [5.74, 6) is -0.838. The molecule has 1 rings (SSSR count). The summed E-state index contributed by atoms with van der Waals surface area (Å²) in [6, 6.07) is 8.25. The smallest absolute Gasteiger partial charge is 0.303 e. The van der Waals surface area contributed by atoms with E-state index in [9.17, 15) is 9.59 Å². The van der Waals surface area contributed by atoms with Crippen molar-refractivity contribution in [2.45, 2.75) is 58.4 Å². The van der Waals surface area contributed by atoms with E-state index in [-0.39, 0.29) is 17.7 Å². The summed E-state index contributed by atoms with van der Waals surface area (Å²) >= 11 is 0. The molecule has 0 spiro atoms. The van der Waals surface area contributed by atoms with Crippen molar-refractivity contribution >= 4 is 11.9 Å². The Labute approximate surface area is 126 Å². The second-order valence-corrected chi connectivity index (χ2v) is 6.32. The fourth-order valence-electron chi connectivity index (χ4n) is 1.97. The van der Waals surface area contributed by atoms with Crippen LogP contribution >= 0.6 is 0 Å². The molecular weight excluding hydrogens is 266 g/mol. The Morgan fingerprint density at radius 1 is 1.05 bits per heavy atom. The van der Waals surface area contributed by atoms with E-state index in [0.29, 0.717) is 25.8 Å². The second kappa shape index (κ2) is 7.81. The molecule has 0 aromatic heterocycles. The van der Waals surface area contributed by atoms with Crippen LogP contribution in [0.2, 0.25) is 0 Å². The Morgan fingerprint density at radius 2 is 1.62 bits per heavy atom. The van der Waals surface area contributed by atoms with Gasteiger partial charge in [-0.1, -0.05) is 45.0 Å². The van der Waals surface area contributed by atoms with Gasteiger partial charge in [-0.3, -0.25) is 9.59 Å². The lowest BCUT2D eigenvalue weighted by Crippen LogP contribution is -2.22. The molecule has 0 fully saturated rings. The summed E-state index contributed by atoms with van der Waals surface area (Å²) in [6.07, 6.45) is 1.67. The molecule has 0 radical (unpaired) electrons. The Kier molecular flexibility index (Phi) is 6.40. The van der Waals surface area contributed by atoms with Crippen LogP contribution in [0.15, 0.2) is 24.3 Å². The summed E-state index contributed by atoms with van der Waals surface area (Å²) < 4.78 is 0. The first-order chi connectivity index (χ1) is 9.79. The first kappa shape index (κ1) is 17.2. The predicted octanol–water partition coefficient (Wildman–Crippen LogP) is 3.25. The fourth-order valence-corrected chi connectivity index (χ4v) is 1.97. The van der Waals surface area contributed by atoms with Crippen LogP contribution in [0.25, 0.3) is 0 Å². The van der Waals surface area contributed by atoms with E-state index in [1.54, 1.807) is 0 Å². The summed E-state index contributed by atoms with van der Waals surface area (Å²) in [7, 11) is 0. The number of hydrogen-bond donors (Lipinski definition) is 2. The average Bonchev–Trinajstić information content (AvgIpc) is 2.40. The molecule has 0 unspecified atom stereocenters. The molecule has 21 heavy (non-hydrogen) atoms. The van der Waals surface area contributed by atoms with Crippen molar-refractivity contribution in [3.05, 3.63) is 35.4 Å². The lowest BCUT2D eigenvalue weighted by molar-refractivity contribution is -0.137. The highest BCUT2D eigenvalue weighted by atomic mass is 16.4. The zero-order chi connectivity index (χ0) is 15.9. The van der Waals surface area contributed by atoms with Crippen LogP contribution in [0.3, 0.4) is 0 Å². The molecule has 4 nitrogen and oxygen atoms in total. The van der Waals surface area contributed by atoms with Crippen molar-refractivity contribution in [2.24, 2.45) is 0 Å². The van der Waals surface area contributed by atoms with Gasteiger partial charge in [-0.05, 0) is 29.4 Å². The zero-order valence-electron chi connectivity index (χ0n) is 13.1. The summed E-state index contributed by atoms with van der Waals surface area (Å²) in [4.78, 5) is 22.0. The Hall–Kier alpha value is -1.84. The number of nitrogens with one attached hydrogen (secondary N) is 1. The highest BCUT2D eigenvalue weighted by molar-refractivity contribution is 5.75. The monoisotopic (exact) mass is 291 g/mol. The molecular formula is C17H25NO3. The molecule has 0 aliphatic rings. The van der Waals surface area contributed by atoms with Crippen LogP contribution in [0.5, 0.6) is 0 Å². The Balaban J connectivity index is 2.31. The summed E-state index contributed by atoms with van der Waals surface area (Å²) in [5, 5.41) is 11.4. The highest BCUT2D eigenvalue weighted by Crippen LogP contribution is 2.22. The van der Waals surface area contributed by atoms with E-state index in [1.807, 2.05) is 12.1 Å². The van der Waals surface area contributed by atoms with Crippen molar-refractivity contribution in [1.82, 2.24) is 5.32 Å². The van der Waals surface area contributed by atoms with Gasteiger partial charge in [0.2, 0.25) is 5.91 Å². The molecule has 1 amide bonds. The first-order valence-electron chi connectivity index (χ1n) is 7.37. The third kappa shape index (κ3) is 6.93. The van der Waals surface area contributed by atoms with E-state index in [2.05, 4.69) is 38.2 Å². The van der Waals surface area contributed by atoms with E-state index < -0.39 is 5.97 Å². The van der Waals surface area contributed by atoms with Crippen molar-refractivity contribution < 1.29 is 14.7 Å². The van der Waals surface area contributed by atoms with Crippen LogP contribution in [0.4, 0.5) is 0 Å². The van der Waals surface area contributed by atoms with E-state index in [0.717, 1.165) is 5.56 Å². The normalized spacial score (nSPS) is 11.2. The minimum absolute atomic E-state index is 0.0275. The molecule has 0 aliphatic heterocycles. The summed E-state index contributed by atoms with van der Waals surface area (Å²) in [5.41, 5.74) is 2.47. The molecule has 4 heteroatoms. The minimum Gasteiger partial charge on any atom is -0.481 e. The molecule has 0 bridgehead atoms. The van der Waals surface area contributed by atoms with Gasteiger partial charge in [0.15, 0.2) is 0 Å². The molecule has 2 N–H and O–H groups in total. The van der Waals surface area contributed by atoms with Crippen LogP contribution in [0, 0.1) is 0 Å². The molecule has 1 aromatic rings. The van der Waals surface area contributed by atoms with Gasteiger partial charge in [-0.15, -0.1) is 0 Å².